The molecule has 1 amide bonds. The summed E-state index contributed by atoms with van der Waals surface area (Å²) >= 11 is 0. The standard InChI is InChI=1S/C15H18F4N2O2/c1-20(13(8-22)10-3-2-4-11(16)7-10)12-5-6-21(14(12)23)9-15(17,18)19/h2-4,7,12-13,22H,5-6,8-9H2,1H3/t12-,13-/m1/s1. The molecule has 0 aromatic heterocycles. The topological polar surface area (TPSA) is 43.8 Å². The summed E-state index contributed by atoms with van der Waals surface area (Å²) in [7, 11) is 1.55. The van der Waals surface area contributed by atoms with Crippen LogP contribution in [0.3, 0.4) is 0 Å². The lowest BCUT2D eigenvalue weighted by molar-refractivity contribution is -0.159. The van der Waals surface area contributed by atoms with Crippen molar-refractivity contribution in [2.45, 2.75) is 24.7 Å². The Morgan fingerprint density at radius 1 is 1.43 bits per heavy atom. The molecule has 128 valence electrons. The monoisotopic (exact) mass is 334 g/mol. The number of likely N-dealkylation sites (N-methyl/N-ethyl adjacent to an activating group) is 1. The van der Waals surface area contributed by atoms with Crippen LogP contribution in [-0.4, -0.2) is 59.8 Å². The van der Waals surface area contributed by atoms with E-state index in [1.807, 2.05) is 0 Å². The van der Waals surface area contributed by atoms with Gasteiger partial charge in [0.2, 0.25) is 5.91 Å². The van der Waals surface area contributed by atoms with Gasteiger partial charge in [-0.1, -0.05) is 12.1 Å². The van der Waals surface area contributed by atoms with Gasteiger partial charge in [-0.25, -0.2) is 4.39 Å². The first-order chi connectivity index (χ1) is 10.7. The average molecular weight is 334 g/mol. The van der Waals surface area contributed by atoms with Crippen molar-refractivity contribution in [2.24, 2.45) is 0 Å². The van der Waals surface area contributed by atoms with Crippen LogP contribution in [0.4, 0.5) is 17.6 Å². The number of likely N-dealkylation sites (tertiary alicyclic amines) is 1. The summed E-state index contributed by atoms with van der Waals surface area (Å²) < 4.78 is 50.7. The lowest BCUT2D eigenvalue weighted by atomic mass is 10.0. The molecule has 0 radical (unpaired) electrons. The fourth-order valence-corrected chi connectivity index (χ4v) is 2.87. The Balaban J connectivity index is 2.13. The van der Waals surface area contributed by atoms with E-state index in [1.54, 1.807) is 13.1 Å². The Morgan fingerprint density at radius 3 is 2.70 bits per heavy atom. The summed E-state index contributed by atoms with van der Waals surface area (Å²) in [5.74, 6) is -1.11. The van der Waals surface area contributed by atoms with Gasteiger partial charge in [-0.15, -0.1) is 0 Å². The molecule has 1 saturated heterocycles. The Morgan fingerprint density at radius 2 is 2.13 bits per heavy atom. The third kappa shape index (κ3) is 4.20. The average Bonchev–Trinajstić information content (AvgIpc) is 2.79. The molecule has 8 heteroatoms. The number of amides is 1. The fraction of sp³-hybridized carbons (Fsp3) is 0.533. The first-order valence-electron chi connectivity index (χ1n) is 7.16. The Labute approximate surface area is 131 Å². The molecule has 1 aliphatic heterocycles. The minimum Gasteiger partial charge on any atom is -0.394 e. The molecule has 1 N–H and O–H groups in total. The maximum atomic E-state index is 13.3. The molecule has 2 atom stereocenters. The van der Waals surface area contributed by atoms with Crippen molar-refractivity contribution in [3.63, 3.8) is 0 Å². The summed E-state index contributed by atoms with van der Waals surface area (Å²) in [4.78, 5) is 14.4. The van der Waals surface area contributed by atoms with E-state index in [1.165, 1.54) is 23.1 Å². The number of benzene rings is 1. The number of carbonyl (C=O) groups excluding carboxylic acids is 1. The van der Waals surface area contributed by atoms with E-state index in [0.717, 1.165) is 4.90 Å². The summed E-state index contributed by atoms with van der Waals surface area (Å²) in [6.07, 6.45) is -4.21. The van der Waals surface area contributed by atoms with Gasteiger partial charge in [-0.2, -0.15) is 13.2 Å². The molecule has 0 bridgehead atoms. The number of carbonyl (C=O) groups is 1. The number of aliphatic hydroxyl groups is 1. The number of alkyl halides is 3. The van der Waals surface area contributed by atoms with E-state index in [0.29, 0.717) is 5.56 Å². The molecule has 1 aromatic carbocycles. The molecule has 4 nitrogen and oxygen atoms in total. The third-order valence-electron chi connectivity index (χ3n) is 4.03. The maximum absolute atomic E-state index is 13.3. The highest BCUT2D eigenvalue weighted by Crippen LogP contribution is 2.28. The molecular weight excluding hydrogens is 316 g/mol. The van der Waals surface area contributed by atoms with Crippen LogP contribution >= 0.6 is 0 Å². The number of halogens is 4. The Hall–Kier alpha value is -1.67. The van der Waals surface area contributed by atoms with Gasteiger partial charge < -0.3 is 10.0 Å². The Bertz CT molecular complexity index is 565. The van der Waals surface area contributed by atoms with E-state index in [-0.39, 0.29) is 19.6 Å². The van der Waals surface area contributed by atoms with Gasteiger partial charge in [-0.05, 0) is 31.2 Å². The van der Waals surface area contributed by atoms with E-state index < -0.39 is 36.5 Å². The van der Waals surface area contributed by atoms with Crippen molar-refractivity contribution < 1.29 is 27.5 Å². The van der Waals surface area contributed by atoms with Gasteiger partial charge in [0.05, 0.1) is 18.7 Å². The van der Waals surface area contributed by atoms with Gasteiger partial charge in [0, 0.05) is 6.54 Å². The highest BCUT2D eigenvalue weighted by atomic mass is 19.4. The fourth-order valence-electron chi connectivity index (χ4n) is 2.87. The highest BCUT2D eigenvalue weighted by Gasteiger charge is 2.42. The van der Waals surface area contributed by atoms with E-state index >= 15 is 0 Å². The molecule has 0 saturated carbocycles. The minimum atomic E-state index is -4.44. The summed E-state index contributed by atoms with van der Waals surface area (Å²) in [6, 6.07) is 4.15. The molecule has 1 fully saturated rings. The van der Waals surface area contributed by atoms with Crippen molar-refractivity contribution in [1.82, 2.24) is 9.80 Å². The molecular formula is C15H18F4N2O2. The van der Waals surface area contributed by atoms with Gasteiger partial charge >= 0.3 is 6.18 Å². The zero-order valence-corrected chi connectivity index (χ0v) is 12.6. The van der Waals surface area contributed by atoms with E-state index in [4.69, 9.17) is 0 Å². The maximum Gasteiger partial charge on any atom is 0.406 e. The van der Waals surface area contributed by atoms with Crippen LogP contribution in [-0.2, 0) is 4.79 Å². The molecule has 0 unspecified atom stereocenters. The van der Waals surface area contributed by atoms with E-state index in [9.17, 15) is 27.5 Å². The number of hydrogen-bond donors (Lipinski definition) is 1. The zero-order valence-electron chi connectivity index (χ0n) is 12.6. The van der Waals surface area contributed by atoms with Crippen molar-refractivity contribution >= 4 is 5.91 Å². The second-order valence-electron chi connectivity index (χ2n) is 5.60. The second kappa shape index (κ2) is 6.84. The molecule has 0 aliphatic carbocycles. The van der Waals surface area contributed by atoms with E-state index in [2.05, 4.69) is 0 Å². The highest BCUT2D eigenvalue weighted by molar-refractivity contribution is 5.84. The zero-order chi connectivity index (χ0) is 17.2. The van der Waals surface area contributed by atoms with Crippen LogP contribution in [0.5, 0.6) is 0 Å². The lowest BCUT2D eigenvalue weighted by Crippen LogP contribution is -2.44. The number of aliphatic hydroxyl groups excluding tert-OH is 1. The van der Waals surface area contributed by atoms with Gasteiger partial charge in [0.25, 0.3) is 0 Å². The molecule has 1 heterocycles. The summed E-state index contributed by atoms with van der Waals surface area (Å²) in [5.41, 5.74) is 0.470. The number of hydrogen-bond acceptors (Lipinski definition) is 3. The third-order valence-corrected chi connectivity index (χ3v) is 4.03. The second-order valence-corrected chi connectivity index (χ2v) is 5.60. The quantitative estimate of drug-likeness (QED) is 0.837. The molecule has 1 aliphatic rings. The van der Waals surface area contributed by atoms with Gasteiger partial charge in [0.1, 0.15) is 12.4 Å². The smallest absolute Gasteiger partial charge is 0.394 e. The van der Waals surface area contributed by atoms with Crippen molar-refractivity contribution in [3.8, 4) is 0 Å². The normalized spacial score (nSPS) is 20.4. The van der Waals surface area contributed by atoms with Crippen molar-refractivity contribution in [3.05, 3.63) is 35.6 Å². The summed E-state index contributed by atoms with van der Waals surface area (Å²) in [6.45, 7) is -1.64. The van der Waals surface area contributed by atoms with Crippen molar-refractivity contribution in [1.29, 1.82) is 0 Å². The van der Waals surface area contributed by atoms with Crippen LogP contribution in [0, 0.1) is 5.82 Å². The first kappa shape index (κ1) is 17.7. The first-order valence-corrected chi connectivity index (χ1v) is 7.16. The number of rotatable bonds is 5. The molecule has 23 heavy (non-hydrogen) atoms. The van der Waals surface area contributed by atoms with Crippen LogP contribution in [0.25, 0.3) is 0 Å². The Kier molecular flexibility index (Phi) is 5.26. The molecule has 0 spiro atoms. The SMILES string of the molecule is CN([C@@H]1CCN(CC(F)(F)F)C1=O)[C@H](CO)c1cccc(F)c1. The van der Waals surface area contributed by atoms with Crippen LogP contribution in [0.2, 0.25) is 0 Å². The van der Waals surface area contributed by atoms with Gasteiger partial charge in [0.15, 0.2) is 0 Å². The molecule has 2 rings (SSSR count). The van der Waals surface area contributed by atoms with Crippen molar-refractivity contribution in [2.75, 3.05) is 26.7 Å². The predicted octanol–water partition coefficient (Wildman–Crippen LogP) is 1.95. The largest absolute Gasteiger partial charge is 0.406 e. The molecule has 1 aromatic rings. The predicted molar refractivity (Wildman–Crippen MR) is 75.0 cm³/mol. The van der Waals surface area contributed by atoms with Crippen LogP contribution in [0.15, 0.2) is 24.3 Å². The summed E-state index contributed by atoms with van der Waals surface area (Å²) in [5, 5.41) is 9.57. The minimum absolute atomic E-state index is 0.00858. The lowest BCUT2D eigenvalue weighted by Gasteiger charge is -2.31. The van der Waals surface area contributed by atoms with Gasteiger partial charge in [-0.3, -0.25) is 9.69 Å². The number of nitrogens with zero attached hydrogens (tertiary/aromatic N) is 2. The van der Waals surface area contributed by atoms with Crippen LogP contribution in [0.1, 0.15) is 18.0 Å². The van der Waals surface area contributed by atoms with Crippen LogP contribution < -0.4 is 0 Å².